The largest absolute Gasteiger partial charge is 0.494 e. The first-order valence-corrected chi connectivity index (χ1v) is 3.41. The van der Waals surface area contributed by atoms with Crippen LogP contribution in [-0.2, 0) is 0 Å². The highest BCUT2D eigenvalue weighted by Gasteiger charge is 2.14. The average Bonchev–Trinajstić information content (AvgIpc) is 2.14. The van der Waals surface area contributed by atoms with Crippen LogP contribution in [0.15, 0.2) is 12.1 Å². The molecule has 0 saturated heterocycles. The summed E-state index contributed by atoms with van der Waals surface area (Å²) in [6.45, 7) is -1.21. The highest BCUT2D eigenvalue weighted by molar-refractivity contribution is 5.34. The second-order valence-electron chi connectivity index (χ2n) is 2.15. The van der Waals surface area contributed by atoms with E-state index in [9.17, 15) is 13.2 Å². The van der Waals surface area contributed by atoms with Crippen LogP contribution in [0.25, 0.3) is 0 Å². The average molecular weight is 192 g/mol. The molecular formula is C8H7F3O2. The fourth-order valence-corrected chi connectivity index (χ4v) is 0.842. The van der Waals surface area contributed by atoms with Crippen LogP contribution in [0.1, 0.15) is 0 Å². The molecule has 0 saturated carbocycles. The van der Waals surface area contributed by atoms with Gasteiger partial charge in [-0.25, -0.2) is 4.39 Å². The molecule has 0 amide bonds. The molecule has 0 unspecified atom stereocenters. The fraction of sp³-hybridized carbons (Fsp3) is 0.250. The van der Waals surface area contributed by atoms with E-state index in [0.717, 1.165) is 12.1 Å². The van der Waals surface area contributed by atoms with Crippen LogP contribution in [0.5, 0.6) is 11.5 Å². The predicted molar refractivity (Wildman–Crippen MR) is 39.5 cm³/mol. The van der Waals surface area contributed by atoms with Crippen molar-refractivity contribution in [3.63, 3.8) is 0 Å². The van der Waals surface area contributed by atoms with Crippen LogP contribution in [0, 0.1) is 11.6 Å². The molecule has 0 heterocycles. The third kappa shape index (κ3) is 1.85. The molecule has 0 aromatic heterocycles. The van der Waals surface area contributed by atoms with Gasteiger partial charge in [-0.05, 0) is 12.1 Å². The van der Waals surface area contributed by atoms with E-state index in [1.165, 1.54) is 7.11 Å². The summed E-state index contributed by atoms with van der Waals surface area (Å²) in [6, 6.07) is 2.25. The Balaban J connectivity index is 3.07. The standard InChI is InChI=1S/C8H7F3O2/c1-12-5-2-3-6(13-4-9)8(11)7(5)10/h2-3H,4H2,1H3. The number of hydrogen-bond acceptors (Lipinski definition) is 2. The molecule has 0 N–H and O–H groups in total. The number of rotatable bonds is 3. The van der Waals surface area contributed by atoms with Gasteiger partial charge in [0.25, 0.3) is 0 Å². The van der Waals surface area contributed by atoms with Gasteiger partial charge in [-0.1, -0.05) is 0 Å². The number of ether oxygens (including phenoxy) is 2. The first-order valence-electron chi connectivity index (χ1n) is 3.41. The van der Waals surface area contributed by atoms with Crippen LogP contribution in [0.3, 0.4) is 0 Å². The Labute approximate surface area is 72.9 Å². The number of methoxy groups -OCH3 is 1. The third-order valence-corrected chi connectivity index (χ3v) is 1.44. The zero-order valence-corrected chi connectivity index (χ0v) is 6.81. The Morgan fingerprint density at radius 2 is 1.69 bits per heavy atom. The van der Waals surface area contributed by atoms with Crippen molar-refractivity contribution >= 4 is 0 Å². The van der Waals surface area contributed by atoms with Gasteiger partial charge < -0.3 is 9.47 Å². The maximum atomic E-state index is 12.9. The number of hydrogen-bond donors (Lipinski definition) is 0. The molecule has 0 atom stereocenters. The lowest BCUT2D eigenvalue weighted by Gasteiger charge is -2.06. The lowest BCUT2D eigenvalue weighted by molar-refractivity contribution is 0.181. The van der Waals surface area contributed by atoms with Crippen molar-refractivity contribution in [1.29, 1.82) is 0 Å². The minimum Gasteiger partial charge on any atom is -0.494 e. The van der Waals surface area contributed by atoms with Crippen LogP contribution >= 0.6 is 0 Å². The van der Waals surface area contributed by atoms with E-state index in [0.29, 0.717) is 0 Å². The summed E-state index contributed by atoms with van der Waals surface area (Å²) in [5.74, 6) is -3.16. The highest BCUT2D eigenvalue weighted by atomic mass is 19.2. The Kier molecular flexibility index (Phi) is 3.00. The molecule has 0 radical (unpaired) electrons. The minimum atomic E-state index is -1.25. The molecule has 0 spiro atoms. The van der Waals surface area contributed by atoms with Crippen LogP contribution in [0.2, 0.25) is 0 Å². The van der Waals surface area contributed by atoms with Gasteiger partial charge in [-0.3, -0.25) is 0 Å². The van der Waals surface area contributed by atoms with Gasteiger partial charge in [0.1, 0.15) is 0 Å². The highest BCUT2D eigenvalue weighted by Crippen LogP contribution is 2.27. The Morgan fingerprint density at radius 3 is 2.23 bits per heavy atom. The first kappa shape index (κ1) is 9.70. The van der Waals surface area contributed by atoms with Crippen molar-refractivity contribution in [2.75, 3.05) is 14.0 Å². The fourth-order valence-electron chi connectivity index (χ4n) is 0.842. The lowest BCUT2D eigenvalue weighted by Crippen LogP contribution is -1.98. The number of halogens is 3. The zero-order valence-electron chi connectivity index (χ0n) is 6.81. The topological polar surface area (TPSA) is 18.5 Å². The van der Waals surface area contributed by atoms with E-state index < -0.39 is 24.2 Å². The van der Waals surface area contributed by atoms with Gasteiger partial charge in [-0.2, -0.15) is 8.78 Å². The maximum absolute atomic E-state index is 12.9. The van der Waals surface area contributed by atoms with Gasteiger partial charge in [0.2, 0.25) is 18.5 Å². The molecule has 2 nitrogen and oxygen atoms in total. The monoisotopic (exact) mass is 192 g/mol. The summed E-state index contributed by atoms with van der Waals surface area (Å²) in [6.07, 6.45) is 0. The number of alkyl halides is 1. The van der Waals surface area contributed by atoms with Gasteiger partial charge >= 0.3 is 0 Å². The maximum Gasteiger partial charge on any atom is 0.228 e. The Bertz CT molecular complexity index is 302. The zero-order chi connectivity index (χ0) is 9.84. The summed E-state index contributed by atoms with van der Waals surface area (Å²) in [7, 11) is 1.20. The van der Waals surface area contributed by atoms with Gasteiger partial charge in [-0.15, -0.1) is 0 Å². The molecule has 72 valence electrons. The van der Waals surface area contributed by atoms with Gasteiger partial charge in [0.15, 0.2) is 11.5 Å². The van der Waals surface area contributed by atoms with Crippen molar-refractivity contribution in [1.82, 2.24) is 0 Å². The molecule has 1 aromatic carbocycles. The van der Waals surface area contributed by atoms with Crippen molar-refractivity contribution in [3.8, 4) is 11.5 Å². The van der Waals surface area contributed by atoms with E-state index in [1.807, 2.05) is 0 Å². The molecule has 0 bridgehead atoms. The molecule has 0 aliphatic rings. The van der Waals surface area contributed by atoms with Gasteiger partial charge in [0, 0.05) is 0 Å². The van der Waals surface area contributed by atoms with Gasteiger partial charge in [0.05, 0.1) is 7.11 Å². The lowest BCUT2D eigenvalue weighted by atomic mass is 10.3. The smallest absolute Gasteiger partial charge is 0.228 e. The van der Waals surface area contributed by atoms with E-state index >= 15 is 0 Å². The van der Waals surface area contributed by atoms with Crippen LogP contribution in [-0.4, -0.2) is 14.0 Å². The molecular weight excluding hydrogens is 185 g/mol. The summed E-state index contributed by atoms with van der Waals surface area (Å²) in [5, 5.41) is 0. The molecule has 1 rings (SSSR count). The predicted octanol–water partition coefficient (Wildman–Crippen LogP) is 2.28. The first-order chi connectivity index (χ1) is 6.20. The summed E-state index contributed by atoms with van der Waals surface area (Å²) < 4.78 is 46.1. The van der Waals surface area contributed by atoms with Crippen LogP contribution < -0.4 is 9.47 Å². The molecule has 13 heavy (non-hydrogen) atoms. The molecule has 0 aliphatic heterocycles. The quantitative estimate of drug-likeness (QED) is 0.731. The van der Waals surface area contributed by atoms with Crippen LogP contribution in [0.4, 0.5) is 13.2 Å². The Morgan fingerprint density at radius 1 is 1.15 bits per heavy atom. The number of benzene rings is 1. The van der Waals surface area contributed by atoms with Crippen molar-refractivity contribution in [3.05, 3.63) is 23.8 Å². The summed E-state index contributed by atoms with van der Waals surface area (Å²) in [4.78, 5) is 0. The minimum absolute atomic E-state index is 0.247. The molecule has 0 aliphatic carbocycles. The Hall–Kier alpha value is -1.39. The summed E-state index contributed by atoms with van der Waals surface area (Å²) >= 11 is 0. The molecule has 1 aromatic rings. The van der Waals surface area contributed by atoms with E-state index in [-0.39, 0.29) is 5.75 Å². The third-order valence-electron chi connectivity index (χ3n) is 1.44. The second kappa shape index (κ2) is 4.02. The SMILES string of the molecule is COc1ccc(OCF)c(F)c1F. The van der Waals surface area contributed by atoms with E-state index in [2.05, 4.69) is 9.47 Å². The van der Waals surface area contributed by atoms with Crippen molar-refractivity contribution < 1.29 is 22.6 Å². The van der Waals surface area contributed by atoms with E-state index in [1.54, 1.807) is 0 Å². The second-order valence-corrected chi connectivity index (χ2v) is 2.15. The van der Waals surface area contributed by atoms with E-state index in [4.69, 9.17) is 0 Å². The van der Waals surface area contributed by atoms with Crippen molar-refractivity contribution in [2.24, 2.45) is 0 Å². The summed E-state index contributed by atoms with van der Waals surface area (Å²) in [5.41, 5.74) is 0. The molecule has 5 heteroatoms. The van der Waals surface area contributed by atoms with Crippen molar-refractivity contribution in [2.45, 2.75) is 0 Å². The normalized spacial score (nSPS) is 9.85. The molecule has 0 fully saturated rings.